The second-order valence-corrected chi connectivity index (χ2v) is 6.16. The molecule has 0 aliphatic carbocycles. The summed E-state index contributed by atoms with van der Waals surface area (Å²) in [5.74, 6) is 0.0814. The third-order valence-electron chi connectivity index (χ3n) is 2.17. The van der Waals surface area contributed by atoms with E-state index in [2.05, 4.69) is 15.1 Å². The van der Waals surface area contributed by atoms with Gasteiger partial charge >= 0.3 is 0 Å². The molecule has 0 unspecified atom stereocenters. The monoisotopic (exact) mass is 260 g/mol. The lowest BCUT2D eigenvalue weighted by atomic mass is 10.4. The molecule has 98 valence electrons. The van der Waals surface area contributed by atoms with Crippen LogP contribution in [0.4, 0.5) is 0 Å². The summed E-state index contributed by atoms with van der Waals surface area (Å²) in [5.41, 5.74) is 0.716. The van der Waals surface area contributed by atoms with Crippen LogP contribution in [0.5, 0.6) is 0 Å². The van der Waals surface area contributed by atoms with Gasteiger partial charge in [-0.1, -0.05) is 13.8 Å². The van der Waals surface area contributed by atoms with Crippen LogP contribution in [0.25, 0.3) is 0 Å². The summed E-state index contributed by atoms with van der Waals surface area (Å²) < 4.78 is 27.4. The fourth-order valence-corrected chi connectivity index (χ4v) is 2.19. The quantitative estimate of drug-likeness (QED) is 0.714. The van der Waals surface area contributed by atoms with Crippen LogP contribution >= 0.6 is 0 Å². The molecule has 1 aromatic heterocycles. The Kier molecular flexibility index (Phi) is 5.10. The number of aryl methyl sites for hydroxylation is 1. The SMILES string of the molecule is CC(C)NCCS(=O)(=O)NCc1ccn(C)n1. The molecular weight excluding hydrogens is 240 g/mol. The first kappa shape index (κ1) is 14.1. The van der Waals surface area contributed by atoms with Crippen molar-refractivity contribution in [3.63, 3.8) is 0 Å². The summed E-state index contributed by atoms with van der Waals surface area (Å²) in [6.07, 6.45) is 1.78. The van der Waals surface area contributed by atoms with Crippen molar-refractivity contribution in [1.82, 2.24) is 19.8 Å². The van der Waals surface area contributed by atoms with E-state index in [4.69, 9.17) is 0 Å². The molecule has 0 radical (unpaired) electrons. The molecule has 0 fully saturated rings. The van der Waals surface area contributed by atoms with Crippen molar-refractivity contribution in [2.75, 3.05) is 12.3 Å². The number of sulfonamides is 1. The van der Waals surface area contributed by atoms with Crippen LogP contribution in [0.15, 0.2) is 12.3 Å². The Labute approximate surface area is 102 Å². The Balaban J connectivity index is 2.34. The highest BCUT2D eigenvalue weighted by molar-refractivity contribution is 7.89. The average molecular weight is 260 g/mol. The van der Waals surface area contributed by atoms with Gasteiger partial charge < -0.3 is 5.32 Å². The zero-order valence-corrected chi connectivity index (χ0v) is 11.3. The van der Waals surface area contributed by atoms with Crippen LogP contribution < -0.4 is 10.0 Å². The molecule has 0 saturated carbocycles. The molecule has 2 N–H and O–H groups in total. The van der Waals surface area contributed by atoms with Gasteiger partial charge in [0.2, 0.25) is 10.0 Å². The molecule has 0 atom stereocenters. The van der Waals surface area contributed by atoms with E-state index in [1.54, 1.807) is 24.0 Å². The van der Waals surface area contributed by atoms with Crippen LogP contribution in [0, 0.1) is 0 Å². The summed E-state index contributed by atoms with van der Waals surface area (Å²) in [4.78, 5) is 0. The highest BCUT2D eigenvalue weighted by Gasteiger charge is 2.10. The first-order valence-corrected chi connectivity index (χ1v) is 7.23. The third kappa shape index (κ3) is 5.81. The largest absolute Gasteiger partial charge is 0.313 e. The first-order valence-electron chi connectivity index (χ1n) is 5.58. The van der Waals surface area contributed by atoms with E-state index in [-0.39, 0.29) is 12.3 Å². The Hall–Kier alpha value is -0.920. The lowest BCUT2D eigenvalue weighted by Gasteiger charge is -2.08. The minimum Gasteiger partial charge on any atom is -0.313 e. The van der Waals surface area contributed by atoms with E-state index >= 15 is 0 Å². The molecule has 0 spiro atoms. The smallest absolute Gasteiger partial charge is 0.213 e. The second kappa shape index (κ2) is 6.13. The van der Waals surface area contributed by atoms with E-state index in [0.717, 1.165) is 0 Å². The van der Waals surface area contributed by atoms with E-state index in [9.17, 15) is 8.42 Å². The van der Waals surface area contributed by atoms with Crippen molar-refractivity contribution >= 4 is 10.0 Å². The van der Waals surface area contributed by atoms with Crippen LogP contribution in [0.3, 0.4) is 0 Å². The lowest BCUT2D eigenvalue weighted by Crippen LogP contribution is -2.34. The Morgan fingerprint density at radius 3 is 2.71 bits per heavy atom. The molecule has 0 aliphatic heterocycles. The van der Waals surface area contributed by atoms with Gasteiger partial charge in [-0.05, 0) is 6.07 Å². The van der Waals surface area contributed by atoms with Crippen molar-refractivity contribution in [2.45, 2.75) is 26.4 Å². The summed E-state index contributed by atoms with van der Waals surface area (Å²) in [6, 6.07) is 2.08. The fraction of sp³-hybridized carbons (Fsp3) is 0.700. The van der Waals surface area contributed by atoms with Gasteiger partial charge in [-0.3, -0.25) is 4.68 Å². The van der Waals surface area contributed by atoms with Crippen LogP contribution in [-0.2, 0) is 23.6 Å². The highest BCUT2D eigenvalue weighted by atomic mass is 32.2. The normalized spacial score (nSPS) is 12.2. The molecule has 1 rings (SSSR count). The molecule has 0 aliphatic rings. The minimum atomic E-state index is -3.23. The number of nitrogens with zero attached hydrogens (tertiary/aromatic N) is 2. The van der Waals surface area contributed by atoms with Gasteiger partial charge in [0, 0.05) is 25.8 Å². The molecule has 1 aromatic rings. The number of hydrogen-bond acceptors (Lipinski definition) is 4. The van der Waals surface area contributed by atoms with E-state index in [1.807, 2.05) is 13.8 Å². The molecule has 6 nitrogen and oxygen atoms in total. The van der Waals surface area contributed by atoms with Gasteiger partial charge in [0.25, 0.3) is 0 Å². The molecule has 0 saturated heterocycles. The Bertz CT molecular complexity index is 439. The first-order chi connectivity index (χ1) is 7.89. The Morgan fingerprint density at radius 1 is 1.47 bits per heavy atom. The summed E-state index contributed by atoms with van der Waals surface area (Å²) in [6.45, 7) is 4.65. The maximum atomic E-state index is 11.6. The van der Waals surface area contributed by atoms with Gasteiger partial charge in [0.05, 0.1) is 18.0 Å². The highest BCUT2D eigenvalue weighted by Crippen LogP contribution is 1.95. The standard InChI is InChI=1S/C10H20N4O2S/c1-9(2)11-5-7-17(15,16)12-8-10-4-6-14(3)13-10/h4,6,9,11-12H,5,7-8H2,1-3H3. The number of nitrogens with one attached hydrogen (secondary N) is 2. The molecule has 17 heavy (non-hydrogen) atoms. The molecule has 0 aromatic carbocycles. The summed E-state index contributed by atoms with van der Waals surface area (Å²) >= 11 is 0. The third-order valence-corrected chi connectivity index (χ3v) is 3.49. The zero-order valence-electron chi connectivity index (χ0n) is 10.5. The van der Waals surface area contributed by atoms with Crippen molar-refractivity contribution < 1.29 is 8.42 Å². The average Bonchev–Trinajstić information content (AvgIpc) is 2.61. The predicted octanol–water partition coefficient (Wildman–Crippen LogP) is -0.162. The maximum absolute atomic E-state index is 11.6. The van der Waals surface area contributed by atoms with Gasteiger partial charge in [0.1, 0.15) is 0 Å². The molecular formula is C10H20N4O2S. The zero-order chi connectivity index (χ0) is 12.9. The minimum absolute atomic E-state index is 0.0814. The molecule has 7 heteroatoms. The van der Waals surface area contributed by atoms with Crippen molar-refractivity contribution in [2.24, 2.45) is 7.05 Å². The lowest BCUT2D eigenvalue weighted by molar-refractivity contribution is 0.565. The van der Waals surface area contributed by atoms with Gasteiger partial charge in [-0.15, -0.1) is 0 Å². The number of aromatic nitrogens is 2. The van der Waals surface area contributed by atoms with E-state index in [1.165, 1.54) is 0 Å². The van der Waals surface area contributed by atoms with E-state index < -0.39 is 10.0 Å². The fourth-order valence-electron chi connectivity index (χ4n) is 1.30. The topological polar surface area (TPSA) is 76.0 Å². The second-order valence-electron chi connectivity index (χ2n) is 4.23. The summed E-state index contributed by atoms with van der Waals surface area (Å²) in [5, 5.41) is 7.16. The Morgan fingerprint density at radius 2 is 2.18 bits per heavy atom. The molecule has 1 heterocycles. The van der Waals surface area contributed by atoms with Gasteiger partial charge in [0.15, 0.2) is 0 Å². The molecule has 0 amide bonds. The van der Waals surface area contributed by atoms with Crippen LogP contribution in [0.2, 0.25) is 0 Å². The maximum Gasteiger partial charge on any atom is 0.213 e. The van der Waals surface area contributed by atoms with Crippen molar-refractivity contribution in [3.05, 3.63) is 18.0 Å². The van der Waals surface area contributed by atoms with Crippen molar-refractivity contribution in [1.29, 1.82) is 0 Å². The van der Waals surface area contributed by atoms with Crippen LogP contribution in [0.1, 0.15) is 19.5 Å². The van der Waals surface area contributed by atoms with Crippen LogP contribution in [-0.4, -0.2) is 36.5 Å². The number of rotatable bonds is 7. The van der Waals surface area contributed by atoms with Crippen molar-refractivity contribution in [3.8, 4) is 0 Å². The molecule has 0 bridgehead atoms. The summed E-state index contributed by atoms with van der Waals surface area (Å²) in [7, 11) is -1.43. The predicted molar refractivity (Wildman–Crippen MR) is 67.0 cm³/mol. The van der Waals surface area contributed by atoms with E-state index in [0.29, 0.717) is 18.3 Å². The van der Waals surface area contributed by atoms with Gasteiger partial charge in [-0.25, -0.2) is 13.1 Å². The van der Waals surface area contributed by atoms with Gasteiger partial charge in [-0.2, -0.15) is 5.10 Å². The number of hydrogen-bond donors (Lipinski definition) is 2.